The highest BCUT2D eigenvalue weighted by Gasteiger charge is 2.40. The number of nitrogens with zero attached hydrogens (tertiary/aromatic N) is 4. The fourth-order valence-electron chi connectivity index (χ4n) is 2.94. The summed E-state index contributed by atoms with van der Waals surface area (Å²) in [6.07, 6.45) is 5.55. The highest BCUT2D eigenvalue weighted by Crippen LogP contribution is 2.38. The van der Waals surface area contributed by atoms with E-state index in [0.29, 0.717) is 5.95 Å². The van der Waals surface area contributed by atoms with Crippen LogP contribution in [0.25, 0.3) is 11.2 Å². The van der Waals surface area contributed by atoms with Crippen molar-refractivity contribution in [2.24, 2.45) is 0 Å². The fourth-order valence-corrected chi connectivity index (χ4v) is 2.94. The number of likely N-dealkylation sites (N-methyl/N-ethyl adjacent to an activating group) is 1. The van der Waals surface area contributed by atoms with Gasteiger partial charge in [0.05, 0.1) is 0 Å². The first-order valence-corrected chi connectivity index (χ1v) is 6.78. The molecule has 19 heavy (non-hydrogen) atoms. The van der Waals surface area contributed by atoms with Crippen molar-refractivity contribution in [3.63, 3.8) is 0 Å². The molecule has 0 aliphatic heterocycles. The molecule has 0 radical (unpaired) electrons. The second kappa shape index (κ2) is 4.20. The third-order valence-corrected chi connectivity index (χ3v) is 4.55. The molecule has 0 atom stereocenters. The van der Waals surface area contributed by atoms with Gasteiger partial charge in [-0.3, -0.25) is 4.57 Å². The molecule has 0 aromatic carbocycles. The van der Waals surface area contributed by atoms with E-state index in [1.54, 1.807) is 0 Å². The van der Waals surface area contributed by atoms with Gasteiger partial charge >= 0.3 is 0 Å². The summed E-state index contributed by atoms with van der Waals surface area (Å²) < 4.78 is 2.07. The predicted molar refractivity (Wildman–Crippen MR) is 76.9 cm³/mol. The van der Waals surface area contributed by atoms with E-state index in [1.165, 1.54) is 19.3 Å². The normalized spacial score (nSPS) is 17.9. The number of pyridine rings is 1. The maximum absolute atomic E-state index is 6.10. The van der Waals surface area contributed by atoms with Crippen LogP contribution in [0.2, 0.25) is 0 Å². The second-order valence-electron chi connectivity index (χ2n) is 5.83. The Morgan fingerprint density at radius 2 is 2.16 bits per heavy atom. The molecule has 5 heteroatoms. The minimum atomic E-state index is 0.215. The largest absolute Gasteiger partial charge is 0.369 e. The molecule has 2 N–H and O–H groups in total. The Morgan fingerprint density at radius 1 is 1.42 bits per heavy atom. The molecule has 2 heterocycles. The predicted octanol–water partition coefficient (Wildman–Crippen LogP) is 1.81. The third-order valence-electron chi connectivity index (χ3n) is 4.55. The summed E-state index contributed by atoms with van der Waals surface area (Å²) in [6, 6.07) is 1.98. The number of rotatable bonds is 3. The van der Waals surface area contributed by atoms with Crippen molar-refractivity contribution in [2.75, 3.05) is 19.8 Å². The van der Waals surface area contributed by atoms with Gasteiger partial charge in [-0.1, -0.05) is 0 Å². The zero-order valence-corrected chi connectivity index (χ0v) is 11.8. The van der Waals surface area contributed by atoms with Crippen LogP contribution in [0.15, 0.2) is 12.3 Å². The summed E-state index contributed by atoms with van der Waals surface area (Å²) in [5.41, 5.74) is 9.28. The first kappa shape index (κ1) is 12.4. The van der Waals surface area contributed by atoms with E-state index < -0.39 is 0 Å². The molecule has 3 rings (SSSR count). The maximum Gasteiger partial charge on any atom is 0.202 e. The first-order chi connectivity index (χ1) is 9.03. The Morgan fingerprint density at radius 3 is 2.74 bits per heavy atom. The average molecular weight is 259 g/mol. The summed E-state index contributed by atoms with van der Waals surface area (Å²) in [7, 11) is 4.29. The van der Waals surface area contributed by atoms with Crippen LogP contribution in [0.4, 0.5) is 5.95 Å². The van der Waals surface area contributed by atoms with Crippen molar-refractivity contribution in [1.82, 2.24) is 19.4 Å². The Hall–Kier alpha value is -1.62. The van der Waals surface area contributed by atoms with Crippen molar-refractivity contribution in [1.29, 1.82) is 0 Å². The number of nitrogens with two attached hydrogens (primary N) is 1. The number of imidazole rings is 1. The molecule has 1 fully saturated rings. The molecule has 1 aliphatic rings. The second-order valence-corrected chi connectivity index (χ2v) is 5.83. The number of hydrogen-bond donors (Lipinski definition) is 1. The molecule has 2 aromatic heterocycles. The van der Waals surface area contributed by atoms with Crippen LogP contribution < -0.4 is 5.73 Å². The van der Waals surface area contributed by atoms with E-state index >= 15 is 0 Å². The number of aryl methyl sites for hydroxylation is 1. The number of aromatic nitrogens is 3. The smallest absolute Gasteiger partial charge is 0.202 e. The lowest BCUT2D eigenvalue weighted by Gasteiger charge is -2.47. The molecule has 0 saturated heterocycles. The van der Waals surface area contributed by atoms with Crippen molar-refractivity contribution in [2.45, 2.75) is 38.3 Å². The van der Waals surface area contributed by atoms with Gasteiger partial charge in [-0.2, -0.15) is 0 Å². The van der Waals surface area contributed by atoms with Crippen molar-refractivity contribution in [3.05, 3.63) is 17.8 Å². The van der Waals surface area contributed by atoms with Crippen molar-refractivity contribution >= 4 is 17.1 Å². The lowest BCUT2D eigenvalue weighted by atomic mass is 9.75. The molecule has 1 saturated carbocycles. The van der Waals surface area contributed by atoms with Crippen LogP contribution in [0.1, 0.15) is 24.8 Å². The number of anilines is 1. The van der Waals surface area contributed by atoms with Crippen LogP contribution in [-0.4, -0.2) is 39.1 Å². The van der Waals surface area contributed by atoms with E-state index in [2.05, 4.69) is 33.5 Å². The highest BCUT2D eigenvalue weighted by molar-refractivity contribution is 5.77. The van der Waals surface area contributed by atoms with Gasteiger partial charge in [0.25, 0.3) is 0 Å². The van der Waals surface area contributed by atoms with Gasteiger partial charge < -0.3 is 10.6 Å². The molecule has 102 valence electrons. The lowest BCUT2D eigenvalue weighted by Crippen LogP contribution is -2.53. The molecule has 0 spiro atoms. The molecule has 1 aliphatic carbocycles. The van der Waals surface area contributed by atoms with Gasteiger partial charge in [0.15, 0.2) is 5.65 Å². The molecule has 0 amide bonds. The van der Waals surface area contributed by atoms with Gasteiger partial charge in [-0.05, 0) is 51.9 Å². The number of fused-ring (bicyclic) bond motifs is 1. The summed E-state index contributed by atoms with van der Waals surface area (Å²) in [4.78, 5) is 11.3. The third kappa shape index (κ3) is 1.80. The monoisotopic (exact) mass is 259 g/mol. The van der Waals surface area contributed by atoms with E-state index in [4.69, 9.17) is 5.73 Å². The summed E-state index contributed by atoms with van der Waals surface area (Å²) >= 11 is 0. The Kier molecular flexibility index (Phi) is 2.74. The minimum absolute atomic E-state index is 0.215. The van der Waals surface area contributed by atoms with Crippen molar-refractivity contribution in [3.8, 4) is 0 Å². The first-order valence-electron chi connectivity index (χ1n) is 6.78. The van der Waals surface area contributed by atoms with Crippen LogP contribution in [0.3, 0.4) is 0 Å². The molecular formula is C14H21N5. The van der Waals surface area contributed by atoms with Crippen LogP contribution in [0, 0.1) is 6.92 Å². The Labute approximate surface area is 113 Å². The summed E-state index contributed by atoms with van der Waals surface area (Å²) in [5, 5.41) is 0. The lowest BCUT2D eigenvalue weighted by molar-refractivity contribution is 0.0439. The Bertz CT molecular complexity index is 610. The van der Waals surface area contributed by atoms with E-state index in [-0.39, 0.29) is 5.54 Å². The Balaban J connectivity index is 2.06. The highest BCUT2D eigenvalue weighted by atomic mass is 15.2. The maximum atomic E-state index is 6.10. The van der Waals surface area contributed by atoms with E-state index in [9.17, 15) is 0 Å². The van der Waals surface area contributed by atoms with Crippen molar-refractivity contribution < 1.29 is 0 Å². The van der Waals surface area contributed by atoms with E-state index in [1.807, 2.05) is 19.2 Å². The number of nitrogen functional groups attached to an aromatic ring is 1. The summed E-state index contributed by atoms with van der Waals surface area (Å²) in [5.74, 6) is 0.574. The average Bonchev–Trinajstić information content (AvgIpc) is 2.61. The molecular weight excluding hydrogens is 238 g/mol. The van der Waals surface area contributed by atoms with Gasteiger partial charge in [0, 0.05) is 18.3 Å². The molecule has 0 unspecified atom stereocenters. The fraction of sp³-hybridized carbons (Fsp3) is 0.571. The SMILES string of the molecule is Cc1ccnc2c1nc(N)n2CC1(N(C)C)CCC1. The number of hydrogen-bond acceptors (Lipinski definition) is 4. The molecule has 0 bridgehead atoms. The summed E-state index contributed by atoms with van der Waals surface area (Å²) in [6.45, 7) is 2.92. The standard InChI is InChI=1S/C14H21N5/c1-10-5-8-16-12-11(10)17-13(15)19(12)9-14(18(2)3)6-4-7-14/h5,8H,4,6-7,9H2,1-3H3,(H2,15,17). The van der Waals surface area contributed by atoms with Crippen LogP contribution in [-0.2, 0) is 6.54 Å². The van der Waals surface area contributed by atoms with Gasteiger partial charge in [-0.15, -0.1) is 0 Å². The van der Waals surface area contributed by atoms with Crippen LogP contribution in [0.5, 0.6) is 0 Å². The van der Waals surface area contributed by atoms with E-state index in [0.717, 1.165) is 23.3 Å². The molecule has 2 aromatic rings. The minimum Gasteiger partial charge on any atom is -0.369 e. The zero-order valence-electron chi connectivity index (χ0n) is 11.8. The quantitative estimate of drug-likeness (QED) is 0.913. The topological polar surface area (TPSA) is 60.0 Å². The van der Waals surface area contributed by atoms with Gasteiger partial charge in [0.1, 0.15) is 5.52 Å². The van der Waals surface area contributed by atoms with Gasteiger partial charge in [0.2, 0.25) is 5.95 Å². The van der Waals surface area contributed by atoms with Gasteiger partial charge in [-0.25, -0.2) is 9.97 Å². The molecule has 5 nitrogen and oxygen atoms in total. The van der Waals surface area contributed by atoms with Crippen LogP contribution >= 0.6 is 0 Å². The zero-order chi connectivity index (χ0) is 13.6.